The van der Waals surface area contributed by atoms with Gasteiger partial charge in [0.25, 0.3) is 0 Å². The molecule has 0 spiro atoms. The molecule has 0 aromatic heterocycles. The van der Waals surface area contributed by atoms with Gasteiger partial charge in [-0.15, -0.1) is 0 Å². The van der Waals surface area contributed by atoms with E-state index < -0.39 is 0 Å². The van der Waals surface area contributed by atoms with Gasteiger partial charge in [0.05, 0.1) is 5.92 Å². The number of carbonyl (C=O) groups is 1. The molecule has 0 amide bonds. The molecule has 0 saturated heterocycles. The molecule has 0 aromatic carbocycles. The molecular weight excluding hydrogens is 428 g/mol. The van der Waals surface area contributed by atoms with E-state index in [1.807, 2.05) is 13.8 Å². The highest BCUT2D eigenvalue weighted by molar-refractivity contribution is 5.71. The number of hydrogen-bond donors (Lipinski definition) is 0. The Labute approximate surface area is 219 Å². The second kappa shape index (κ2) is 11.9. The largest absolute Gasteiger partial charge is 0.462 e. The lowest BCUT2D eigenvalue weighted by Crippen LogP contribution is -2.54. The normalized spacial score (nSPS) is 41.3. The fourth-order valence-electron chi connectivity index (χ4n) is 9.33. The first-order valence-electron chi connectivity index (χ1n) is 15.6. The number of esters is 1. The van der Waals surface area contributed by atoms with Crippen LogP contribution in [0.5, 0.6) is 0 Å². The van der Waals surface area contributed by atoms with Crippen molar-refractivity contribution in [2.24, 2.45) is 58.2 Å². The van der Waals surface area contributed by atoms with Crippen LogP contribution >= 0.6 is 0 Å². The summed E-state index contributed by atoms with van der Waals surface area (Å²) in [6, 6.07) is 0. The number of ether oxygens (including phenoxy) is 1. The predicted octanol–water partition coefficient (Wildman–Crippen LogP) is 9.70. The summed E-state index contributed by atoms with van der Waals surface area (Å²) in [7, 11) is 0. The molecule has 9 atom stereocenters. The summed E-state index contributed by atoms with van der Waals surface area (Å²) in [4.78, 5) is 12.2. The summed E-state index contributed by atoms with van der Waals surface area (Å²) in [5.41, 5.74) is 1.08. The van der Waals surface area contributed by atoms with Crippen LogP contribution in [0.15, 0.2) is 0 Å². The molecule has 2 nitrogen and oxygen atoms in total. The van der Waals surface area contributed by atoms with Crippen molar-refractivity contribution in [2.45, 2.75) is 145 Å². The Balaban J connectivity index is 0.000000795. The molecule has 0 N–H and O–H groups in total. The van der Waals surface area contributed by atoms with Crippen molar-refractivity contribution in [3.8, 4) is 0 Å². The third kappa shape index (κ3) is 6.14. The van der Waals surface area contributed by atoms with Gasteiger partial charge >= 0.3 is 5.97 Å². The van der Waals surface area contributed by atoms with Gasteiger partial charge < -0.3 is 4.74 Å². The minimum atomic E-state index is -0.00454. The van der Waals surface area contributed by atoms with Crippen LogP contribution in [0.3, 0.4) is 0 Å². The third-order valence-electron chi connectivity index (χ3n) is 11.1. The van der Waals surface area contributed by atoms with Crippen LogP contribution in [0.2, 0.25) is 0 Å². The van der Waals surface area contributed by atoms with Gasteiger partial charge in [-0.2, -0.15) is 0 Å². The van der Waals surface area contributed by atoms with Gasteiger partial charge in [-0.25, -0.2) is 0 Å². The van der Waals surface area contributed by atoms with Crippen LogP contribution in [-0.4, -0.2) is 12.1 Å². The van der Waals surface area contributed by atoms with Crippen molar-refractivity contribution in [1.29, 1.82) is 0 Å². The van der Waals surface area contributed by atoms with Crippen LogP contribution in [-0.2, 0) is 9.53 Å². The van der Waals surface area contributed by atoms with Crippen molar-refractivity contribution >= 4 is 5.97 Å². The van der Waals surface area contributed by atoms with E-state index in [0.29, 0.717) is 10.8 Å². The van der Waals surface area contributed by atoms with Gasteiger partial charge in [0.15, 0.2) is 0 Å². The first kappa shape index (κ1) is 29.0. The zero-order chi connectivity index (χ0) is 26.0. The van der Waals surface area contributed by atoms with Crippen molar-refractivity contribution in [3.05, 3.63) is 0 Å². The van der Waals surface area contributed by atoms with E-state index in [2.05, 4.69) is 48.5 Å². The average Bonchev–Trinajstić information content (AvgIpc) is 3.14. The number of fused-ring (bicyclic) bond motifs is 5. The van der Waals surface area contributed by atoms with Crippen LogP contribution in [0, 0.1) is 58.2 Å². The van der Waals surface area contributed by atoms with Crippen molar-refractivity contribution < 1.29 is 9.53 Å². The minimum Gasteiger partial charge on any atom is -0.462 e. The molecule has 0 aromatic rings. The minimum absolute atomic E-state index is 0.00454. The molecule has 4 aliphatic rings. The van der Waals surface area contributed by atoms with Crippen molar-refractivity contribution in [2.75, 3.05) is 0 Å². The Bertz CT molecular complexity index is 680. The van der Waals surface area contributed by atoms with E-state index in [-0.39, 0.29) is 18.0 Å². The van der Waals surface area contributed by atoms with Gasteiger partial charge in [0, 0.05) is 0 Å². The summed E-state index contributed by atoms with van der Waals surface area (Å²) >= 11 is 0. The number of hydrogen-bond acceptors (Lipinski definition) is 2. The summed E-state index contributed by atoms with van der Waals surface area (Å²) in [5.74, 6) is 6.30. The fourth-order valence-corrected chi connectivity index (χ4v) is 9.33. The molecule has 4 rings (SSSR count). The van der Waals surface area contributed by atoms with E-state index >= 15 is 0 Å². The Morgan fingerprint density at radius 2 is 1.49 bits per heavy atom. The zero-order valence-corrected chi connectivity index (χ0v) is 25.0. The maximum Gasteiger partial charge on any atom is 0.308 e. The molecule has 4 fully saturated rings. The quantitative estimate of drug-likeness (QED) is 0.348. The van der Waals surface area contributed by atoms with E-state index in [0.717, 1.165) is 54.3 Å². The van der Waals surface area contributed by atoms with Gasteiger partial charge in [0.1, 0.15) is 6.10 Å². The summed E-state index contributed by atoms with van der Waals surface area (Å²) in [5, 5.41) is 0. The maximum atomic E-state index is 12.2. The van der Waals surface area contributed by atoms with Gasteiger partial charge in [0.2, 0.25) is 0 Å². The Kier molecular flexibility index (Phi) is 9.87. The van der Waals surface area contributed by atoms with E-state index in [9.17, 15) is 4.79 Å². The lowest BCUT2D eigenvalue weighted by molar-refractivity contribution is -0.165. The van der Waals surface area contributed by atoms with Crippen LogP contribution in [0.25, 0.3) is 0 Å². The standard InChI is InChI=1S/C29H50O2.C4H10/c1-7-8-9-20(4)24-12-13-25-23-11-10-21-18-22(31-27(30)19(2)3)14-16-28(21,5)26(23)15-17-29(24,25)6;1-4(2)3/h19-26H,7-18H2,1-6H3;4H,1-3H3. The lowest BCUT2D eigenvalue weighted by Gasteiger charge is -2.61. The number of rotatable bonds is 6. The molecule has 204 valence electrons. The Morgan fingerprint density at radius 3 is 2.11 bits per heavy atom. The fraction of sp³-hybridized carbons (Fsp3) is 0.970. The van der Waals surface area contributed by atoms with Crippen LogP contribution in [0.4, 0.5) is 0 Å². The van der Waals surface area contributed by atoms with Crippen molar-refractivity contribution in [3.63, 3.8) is 0 Å². The van der Waals surface area contributed by atoms with Gasteiger partial charge in [-0.3, -0.25) is 4.79 Å². The molecule has 35 heavy (non-hydrogen) atoms. The molecule has 0 heterocycles. The Morgan fingerprint density at radius 1 is 0.857 bits per heavy atom. The monoisotopic (exact) mass is 488 g/mol. The summed E-state index contributed by atoms with van der Waals surface area (Å²) in [6.45, 7) is 20.7. The summed E-state index contributed by atoms with van der Waals surface area (Å²) in [6.07, 6.45) is 16.6. The van der Waals surface area contributed by atoms with E-state index in [1.165, 1.54) is 64.2 Å². The predicted molar refractivity (Wildman–Crippen MR) is 149 cm³/mol. The molecule has 0 radical (unpaired) electrons. The van der Waals surface area contributed by atoms with Crippen LogP contribution in [0.1, 0.15) is 139 Å². The molecule has 4 aliphatic carbocycles. The smallest absolute Gasteiger partial charge is 0.308 e. The lowest BCUT2D eigenvalue weighted by atomic mass is 9.44. The maximum absolute atomic E-state index is 12.2. The van der Waals surface area contributed by atoms with E-state index in [1.54, 1.807) is 0 Å². The first-order chi connectivity index (χ1) is 16.4. The van der Waals surface area contributed by atoms with Crippen LogP contribution < -0.4 is 0 Å². The van der Waals surface area contributed by atoms with Crippen molar-refractivity contribution in [1.82, 2.24) is 0 Å². The molecule has 0 aliphatic heterocycles. The SMILES string of the molecule is CC(C)C.CCCCC(C)C1CCC2C3CCC4CC(OC(=O)C(C)C)CCC4(C)C3CCC12C. The highest BCUT2D eigenvalue weighted by atomic mass is 16.5. The molecule has 9 unspecified atom stereocenters. The second-order valence-corrected chi connectivity index (χ2v) is 14.7. The molecule has 0 bridgehead atoms. The average molecular weight is 489 g/mol. The first-order valence-corrected chi connectivity index (χ1v) is 15.6. The number of carbonyl (C=O) groups excluding carboxylic acids is 1. The molecular formula is C33H60O2. The van der Waals surface area contributed by atoms with E-state index in [4.69, 9.17) is 4.74 Å². The molecule has 2 heteroatoms. The Hall–Kier alpha value is -0.530. The zero-order valence-electron chi connectivity index (χ0n) is 25.0. The highest BCUT2D eigenvalue weighted by Gasteiger charge is 2.60. The van der Waals surface area contributed by atoms with Gasteiger partial charge in [-0.1, -0.05) is 81.6 Å². The second-order valence-electron chi connectivity index (χ2n) is 14.7. The molecule has 4 saturated carbocycles. The summed E-state index contributed by atoms with van der Waals surface area (Å²) < 4.78 is 5.90. The topological polar surface area (TPSA) is 26.3 Å². The number of unbranched alkanes of at least 4 members (excludes halogenated alkanes) is 1. The van der Waals surface area contributed by atoms with Gasteiger partial charge in [-0.05, 0) is 110 Å². The highest BCUT2D eigenvalue weighted by Crippen LogP contribution is 2.68. The third-order valence-corrected chi connectivity index (χ3v) is 11.1.